The lowest BCUT2D eigenvalue weighted by molar-refractivity contribution is 0.176. The van der Waals surface area contributed by atoms with E-state index >= 15 is 0 Å². The number of benzene rings is 1. The van der Waals surface area contributed by atoms with E-state index in [2.05, 4.69) is 30.9 Å². The number of nitrogens with zero attached hydrogens (tertiary/aromatic N) is 1. The fraction of sp³-hybridized carbons (Fsp3) is 0.600. The number of hydrogen-bond donors (Lipinski definition) is 1. The van der Waals surface area contributed by atoms with Crippen LogP contribution < -0.4 is 10.5 Å². The highest BCUT2D eigenvalue weighted by Gasteiger charge is 2.35. The number of methoxy groups -OCH3 is 1. The van der Waals surface area contributed by atoms with Crippen LogP contribution in [0.3, 0.4) is 0 Å². The van der Waals surface area contributed by atoms with Gasteiger partial charge < -0.3 is 10.5 Å². The molecule has 1 aromatic carbocycles. The van der Waals surface area contributed by atoms with Crippen molar-refractivity contribution in [3.63, 3.8) is 0 Å². The SMILES string of the molecule is CCN(C1CC1)C(c1ccc(OC)cc1)C(C)N. The van der Waals surface area contributed by atoms with Gasteiger partial charge in [0.1, 0.15) is 5.75 Å². The first-order valence-corrected chi connectivity index (χ1v) is 6.82. The zero-order chi connectivity index (χ0) is 13.1. The van der Waals surface area contributed by atoms with Crippen molar-refractivity contribution >= 4 is 0 Å². The molecule has 2 unspecified atom stereocenters. The van der Waals surface area contributed by atoms with E-state index in [4.69, 9.17) is 10.5 Å². The molecule has 1 saturated carbocycles. The third kappa shape index (κ3) is 2.85. The highest BCUT2D eigenvalue weighted by molar-refractivity contribution is 5.30. The molecule has 2 N–H and O–H groups in total. The Morgan fingerprint density at radius 3 is 2.33 bits per heavy atom. The van der Waals surface area contributed by atoms with E-state index in [1.807, 2.05) is 12.1 Å². The predicted octanol–water partition coefficient (Wildman–Crippen LogP) is 2.57. The molecular formula is C15H24N2O. The number of hydrogen-bond acceptors (Lipinski definition) is 3. The lowest BCUT2D eigenvalue weighted by Gasteiger charge is -2.34. The summed E-state index contributed by atoms with van der Waals surface area (Å²) in [6, 6.07) is 9.49. The van der Waals surface area contributed by atoms with E-state index in [9.17, 15) is 0 Å². The Morgan fingerprint density at radius 1 is 1.33 bits per heavy atom. The van der Waals surface area contributed by atoms with Gasteiger partial charge in [-0.05, 0) is 44.0 Å². The molecule has 0 saturated heterocycles. The maximum atomic E-state index is 6.21. The maximum Gasteiger partial charge on any atom is 0.118 e. The summed E-state index contributed by atoms with van der Waals surface area (Å²) < 4.78 is 5.21. The minimum absolute atomic E-state index is 0.138. The highest BCUT2D eigenvalue weighted by Crippen LogP contribution is 2.35. The van der Waals surface area contributed by atoms with Crippen LogP contribution in [0.4, 0.5) is 0 Å². The maximum absolute atomic E-state index is 6.21. The molecule has 100 valence electrons. The minimum Gasteiger partial charge on any atom is -0.497 e. The smallest absolute Gasteiger partial charge is 0.118 e. The molecule has 0 aliphatic heterocycles. The summed E-state index contributed by atoms with van der Waals surface area (Å²) in [5.41, 5.74) is 7.50. The van der Waals surface area contributed by atoms with Crippen LogP contribution in [0.2, 0.25) is 0 Å². The summed E-state index contributed by atoms with van der Waals surface area (Å²) in [4.78, 5) is 2.53. The van der Waals surface area contributed by atoms with Crippen molar-refractivity contribution in [1.82, 2.24) is 4.90 Å². The molecule has 0 amide bonds. The molecule has 18 heavy (non-hydrogen) atoms. The van der Waals surface area contributed by atoms with Crippen molar-refractivity contribution in [2.75, 3.05) is 13.7 Å². The van der Waals surface area contributed by atoms with Crippen molar-refractivity contribution in [2.24, 2.45) is 5.73 Å². The summed E-state index contributed by atoms with van der Waals surface area (Å²) in [7, 11) is 1.70. The third-order valence-electron chi connectivity index (χ3n) is 3.69. The zero-order valence-electron chi connectivity index (χ0n) is 11.6. The monoisotopic (exact) mass is 248 g/mol. The molecule has 3 heteroatoms. The first-order chi connectivity index (χ1) is 8.67. The molecule has 3 nitrogen and oxygen atoms in total. The zero-order valence-corrected chi connectivity index (χ0v) is 11.6. The second kappa shape index (κ2) is 5.72. The quantitative estimate of drug-likeness (QED) is 0.841. The molecule has 0 radical (unpaired) electrons. The Bertz CT molecular complexity index is 371. The largest absolute Gasteiger partial charge is 0.497 e. The van der Waals surface area contributed by atoms with Crippen LogP contribution in [0.1, 0.15) is 38.3 Å². The number of rotatable bonds is 6. The summed E-state index contributed by atoms with van der Waals surface area (Å²) in [6.45, 7) is 5.38. The van der Waals surface area contributed by atoms with Crippen molar-refractivity contribution in [3.8, 4) is 5.75 Å². The highest BCUT2D eigenvalue weighted by atomic mass is 16.5. The van der Waals surface area contributed by atoms with Crippen LogP contribution in [-0.4, -0.2) is 30.6 Å². The third-order valence-corrected chi connectivity index (χ3v) is 3.69. The van der Waals surface area contributed by atoms with E-state index < -0.39 is 0 Å². The van der Waals surface area contributed by atoms with Gasteiger partial charge in [0.15, 0.2) is 0 Å². The average molecular weight is 248 g/mol. The summed E-state index contributed by atoms with van der Waals surface area (Å²) in [6.07, 6.45) is 2.63. The standard InChI is InChI=1S/C15H24N2O/c1-4-17(13-7-8-13)15(11(2)16)12-5-9-14(18-3)10-6-12/h5-6,9-11,13,15H,4,7-8,16H2,1-3H3. The Balaban J connectivity index is 2.22. The first-order valence-electron chi connectivity index (χ1n) is 6.82. The van der Waals surface area contributed by atoms with Crippen molar-refractivity contribution in [1.29, 1.82) is 0 Å². The molecule has 0 spiro atoms. The van der Waals surface area contributed by atoms with Crippen molar-refractivity contribution in [3.05, 3.63) is 29.8 Å². The van der Waals surface area contributed by atoms with E-state index in [1.54, 1.807) is 7.11 Å². The second-order valence-electron chi connectivity index (χ2n) is 5.14. The predicted molar refractivity (Wildman–Crippen MR) is 74.8 cm³/mol. The first kappa shape index (κ1) is 13.4. The van der Waals surface area contributed by atoms with Gasteiger partial charge in [-0.25, -0.2) is 0 Å². The van der Waals surface area contributed by atoms with Crippen LogP contribution in [0.25, 0.3) is 0 Å². The Morgan fingerprint density at radius 2 is 1.94 bits per heavy atom. The molecule has 0 heterocycles. The number of nitrogens with two attached hydrogens (primary N) is 1. The second-order valence-corrected chi connectivity index (χ2v) is 5.14. The topological polar surface area (TPSA) is 38.5 Å². The van der Waals surface area contributed by atoms with Crippen molar-refractivity contribution in [2.45, 2.75) is 44.8 Å². The fourth-order valence-electron chi connectivity index (χ4n) is 2.69. The van der Waals surface area contributed by atoms with Crippen LogP contribution >= 0.6 is 0 Å². The van der Waals surface area contributed by atoms with E-state index in [0.717, 1.165) is 18.3 Å². The Kier molecular flexibility index (Phi) is 4.25. The van der Waals surface area contributed by atoms with E-state index in [-0.39, 0.29) is 6.04 Å². The van der Waals surface area contributed by atoms with Gasteiger partial charge in [-0.15, -0.1) is 0 Å². The van der Waals surface area contributed by atoms with Gasteiger partial charge >= 0.3 is 0 Å². The van der Waals surface area contributed by atoms with Crippen LogP contribution in [0, 0.1) is 0 Å². The molecule has 1 aliphatic carbocycles. The van der Waals surface area contributed by atoms with Gasteiger partial charge in [-0.1, -0.05) is 19.1 Å². The normalized spacial score (nSPS) is 18.7. The van der Waals surface area contributed by atoms with Crippen LogP contribution in [0.15, 0.2) is 24.3 Å². The van der Waals surface area contributed by atoms with Gasteiger partial charge in [0, 0.05) is 18.1 Å². The Hall–Kier alpha value is -1.06. The van der Waals surface area contributed by atoms with E-state index in [1.165, 1.54) is 18.4 Å². The minimum atomic E-state index is 0.138. The summed E-state index contributed by atoms with van der Waals surface area (Å²) in [5, 5.41) is 0. The lowest BCUT2D eigenvalue weighted by atomic mass is 9.98. The summed E-state index contributed by atoms with van der Waals surface area (Å²) in [5.74, 6) is 0.900. The molecule has 2 atom stereocenters. The molecule has 1 fully saturated rings. The van der Waals surface area contributed by atoms with Crippen LogP contribution in [0.5, 0.6) is 5.75 Å². The lowest BCUT2D eigenvalue weighted by Crippen LogP contribution is -2.40. The number of ether oxygens (including phenoxy) is 1. The van der Waals surface area contributed by atoms with Crippen molar-refractivity contribution < 1.29 is 4.74 Å². The average Bonchev–Trinajstić information content (AvgIpc) is 3.20. The number of likely N-dealkylation sites (N-methyl/N-ethyl adjacent to an activating group) is 1. The van der Waals surface area contributed by atoms with Gasteiger partial charge in [0.25, 0.3) is 0 Å². The summed E-state index contributed by atoms with van der Waals surface area (Å²) >= 11 is 0. The molecule has 0 aromatic heterocycles. The molecule has 2 rings (SSSR count). The van der Waals surface area contributed by atoms with E-state index in [0.29, 0.717) is 6.04 Å². The molecule has 1 aliphatic rings. The fourth-order valence-corrected chi connectivity index (χ4v) is 2.69. The molecular weight excluding hydrogens is 224 g/mol. The van der Waals surface area contributed by atoms with Gasteiger partial charge in [-0.2, -0.15) is 0 Å². The van der Waals surface area contributed by atoms with Gasteiger partial charge in [0.2, 0.25) is 0 Å². The molecule has 1 aromatic rings. The van der Waals surface area contributed by atoms with Gasteiger partial charge in [-0.3, -0.25) is 4.90 Å². The molecule has 0 bridgehead atoms. The van der Waals surface area contributed by atoms with Gasteiger partial charge in [0.05, 0.1) is 7.11 Å². The van der Waals surface area contributed by atoms with Crippen LogP contribution in [-0.2, 0) is 0 Å². The Labute approximate surface area is 110 Å².